The van der Waals surface area contributed by atoms with Crippen molar-refractivity contribution >= 4 is 14.3 Å². The van der Waals surface area contributed by atoms with Crippen molar-refractivity contribution in [3.8, 4) is 0 Å². The van der Waals surface area contributed by atoms with Gasteiger partial charge in [0.1, 0.15) is 0 Å². The summed E-state index contributed by atoms with van der Waals surface area (Å²) in [5, 5.41) is 1.59. The van der Waals surface area contributed by atoms with Crippen LogP contribution in [0, 0.1) is 5.92 Å². The second-order valence-corrected chi connectivity index (χ2v) is 9.75. The number of rotatable bonds is 6. The van der Waals surface area contributed by atoms with Gasteiger partial charge in [-0.2, -0.15) is 0 Å². The molecule has 0 bridgehead atoms. The van der Waals surface area contributed by atoms with Gasteiger partial charge in [0, 0.05) is 0 Å². The summed E-state index contributed by atoms with van der Waals surface area (Å²) < 4.78 is 0. The van der Waals surface area contributed by atoms with Gasteiger partial charge >= 0.3 is 76.6 Å². The van der Waals surface area contributed by atoms with Crippen LogP contribution in [0.25, 0.3) is 0 Å². The van der Waals surface area contributed by atoms with Crippen LogP contribution in [0.4, 0.5) is 0 Å². The first kappa shape index (κ1) is 11.5. The normalized spacial score (nSPS) is 13.9. The Labute approximate surface area is 76.9 Å². The summed E-state index contributed by atoms with van der Waals surface area (Å²) in [4.78, 5) is 0. The Bertz CT molecular complexity index is 78.9. The molecule has 1 atom stereocenters. The first-order valence-electron chi connectivity index (χ1n) is 4.99. The molecule has 1 unspecified atom stereocenters. The van der Waals surface area contributed by atoms with Crippen LogP contribution in [0.3, 0.4) is 0 Å². The third kappa shape index (κ3) is 6.92. The van der Waals surface area contributed by atoms with Gasteiger partial charge in [-0.1, -0.05) is 0 Å². The molecule has 0 nitrogen and oxygen atoms in total. The van der Waals surface area contributed by atoms with Gasteiger partial charge in [0.25, 0.3) is 0 Å². The van der Waals surface area contributed by atoms with Gasteiger partial charge in [0.05, 0.1) is 0 Å². The molecule has 0 fully saturated rings. The zero-order valence-electron chi connectivity index (χ0n) is 8.61. The third-order valence-corrected chi connectivity index (χ3v) is 5.16. The molecule has 0 spiro atoms. The molecule has 1 radical (unpaired) electrons. The van der Waals surface area contributed by atoms with E-state index in [0.717, 1.165) is 5.92 Å². The Morgan fingerprint density at radius 3 is 2.18 bits per heavy atom. The zero-order valence-corrected chi connectivity index (χ0v) is 10.7. The van der Waals surface area contributed by atoms with E-state index < -0.39 is 14.3 Å². The molecule has 1 heteroatoms. The van der Waals surface area contributed by atoms with Crippen molar-refractivity contribution in [2.45, 2.75) is 56.3 Å². The van der Waals surface area contributed by atoms with E-state index in [1.165, 1.54) is 25.7 Å². The van der Waals surface area contributed by atoms with Crippen molar-refractivity contribution in [2.75, 3.05) is 0 Å². The molecule has 0 amide bonds. The summed E-state index contributed by atoms with van der Waals surface area (Å²) in [5.74, 6) is 6.06. The second kappa shape index (κ2) is 7.21. The Morgan fingerprint density at radius 1 is 1.18 bits per heavy atom. The molecule has 11 heavy (non-hydrogen) atoms. The van der Waals surface area contributed by atoms with Crippen molar-refractivity contribution in [2.24, 2.45) is 5.92 Å². The number of hydrogen-bond donors (Lipinski definition) is 0. The first-order valence-corrected chi connectivity index (χ1v) is 10.7. The summed E-state index contributed by atoms with van der Waals surface area (Å²) in [6.07, 6.45) is 5.73. The van der Waals surface area contributed by atoms with Crippen molar-refractivity contribution in [1.82, 2.24) is 0 Å². The van der Waals surface area contributed by atoms with Crippen LogP contribution in [0.5, 0.6) is 0 Å². The van der Waals surface area contributed by atoms with Crippen molar-refractivity contribution in [3.05, 3.63) is 0 Å². The SMILES string of the molecule is CCCCC(CC)[CH2][Ge]([CH3])[CH3]. The first-order chi connectivity index (χ1) is 5.20. The van der Waals surface area contributed by atoms with E-state index in [2.05, 4.69) is 25.4 Å². The van der Waals surface area contributed by atoms with Crippen LogP contribution in [0.2, 0.25) is 16.8 Å². The van der Waals surface area contributed by atoms with Gasteiger partial charge in [-0.3, -0.25) is 0 Å². The predicted molar refractivity (Wildman–Crippen MR) is 55.6 cm³/mol. The quantitative estimate of drug-likeness (QED) is 0.589. The Balaban J connectivity index is 3.41. The van der Waals surface area contributed by atoms with Crippen LogP contribution in [-0.2, 0) is 0 Å². The summed E-state index contributed by atoms with van der Waals surface area (Å²) in [6, 6.07) is 0. The molecule has 0 saturated carbocycles. The molecular formula is C10H23Ge. The fourth-order valence-electron chi connectivity index (χ4n) is 1.52. The minimum atomic E-state index is -0.524. The standard InChI is InChI=1S/C10H23Ge/c1-5-7-8-10(6-2)9-11(3)4/h10H,5-9H2,1-4H3. The molecule has 0 aromatic carbocycles. The predicted octanol–water partition coefficient (Wildman–Crippen LogP) is 3.96. The van der Waals surface area contributed by atoms with E-state index in [1.807, 2.05) is 0 Å². The fourth-order valence-corrected chi connectivity index (χ4v) is 4.98. The van der Waals surface area contributed by atoms with Crippen LogP contribution < -0.4 is 0 Å². The Hall–Kier alpha value is 0.543. The summed E-state index contributed by atoms with van der Waals surface area (Å²) in [7, 11) is 0. The fraction of sp³-hybridized carbons (Fsp3) is 1.00. The molecule has 0 aromatic heterocycles. The maximum atomic E-state index is 2.49. The van der Waals surface area contributed by atoms with Crippen molar-refractivity contribution in [1.29, 1.82) is 0 Å². The van der Waals surface area contributed by atoms with E-state index in [9.17, 15) is 0 Å². The zero-order chi connectivity index (χ0) is 8.69. The molecule has 0 heterocycles. The maximum absolute atomic E-state index is 2.49. The van der Waals surface area contributed by atoms with Gasteiger partial charge < -0.3 is 0 Å². The van der Waals surface area contributed by atoms with Gasteiger partial charge in [0.15, 0.2) is 0 Å². The number of unbranched alkanes of at least 4 members (excludes halogenated alkanes) is 1. The van der Waals surface area contributed by atoms with Gasteiger partial charge in [-0.05, 0) is 0 Å². The number of hydrogen-bond acceptors (Lipinski definition) is 0. The molecule has 0 aliphatic heterocycles. The molecule has 0 aliphatic rings. The molecule has 0 rings (SSSR count). The van der Waals surface area contributed by atoms with E-state index in [4.69, 9.17) is 0 Å². The van der Waals surface area contributed by atoms with Crippen molar-refractivity contribution < 1.29 is 0 Å². The van der Waals surface area contributed by atoms with Crippen LogP contribution >= 0.6 is 0 Å². The molecule has 0 aliphatic carbocycles. The average molecular weight is 216 g/mol. The third-order valence-electron chi connectivity index (χ3n) is 2.24. The van der Waals surface area contributed by atoms with Crippen LogP contribution in [0.15, 0.2) is 0 Å². The van der Waals surface area contributed by atoms with E-state index in [1.54, 1.807) is 5.25 Å². The Kier molecular flexibility index (Phi) is 7.56. The molecule has 0 saturated heterocycles. The van der Waals surface area contributed by atoms with Gasteiger partial charge in [-0.15, -0.1) is 0 Å². The van der Waals surface area contributed by atoms with Gasteiger partial charge in [-0.25, -0.2) is 0 Å². The van der Waals surface area contributed by atoms with Crippen LogP contribution in [-0.4, -0.2) is 14.3 Å². The van der Waals surface area contributed by atoms with E-state index in [0.29, 0.717) is 0 Å². The van der Waals surface area contributed by atoms with E-state index in [-0.39, 0.29) is 0 Å². The minimum absolute atomic E-state index is 0.524. The van der Waals surface area contributed by atoms with E-state index >= 15 is 0 Å². The summed E-state index contributed by atoms with van der Waals surface area (Å²) in [5.41, 5.74) is 0. The topological polar surface area (TPSA) is 0 Å². The molecule has 0 aromatic rings. The second-order valence-electron chi connectivity index (χ2n) is 3.83. The monoisotopic (exact) mass is 217 g/mol. The van der Waals surface area contributed by atoms with Gasteiger partial charge in [0.2, 0.25) is 0 Å². The summed E-state index contributed by atoms with van der Waals surface area (Å²) >= 11 is -0.524. The molecule has 67 valence electrons. The van der Waals surface area contributed by atoms with Crippen LogP contribution in [0.1, 0.15) is 39.5 Å². The Morgan fingerprint density at radius 2 is 1.82 bits per heavy atom. The summed E-state index contributed by atoms with van der Waals surface area (Å²) in [6.45, 7) is 4.64. The van der Waals surface area contributed by atoms with Crippen molar-refractivity contribution in [3.63, 3.8) is 0 Å². The molecule has 0 N–H and O–H groups in total. The molecular weight excluding hydrogens is 193 g/mol. The average Bonchev–Trinajstić information content (AvgIpc) is 1.97.